The van der Waals surface area contributed by atoms with E-state index in [1.165, 1.54) is 21.8 Å². The van der Waals surface area contributed by atoms with Crippen LogP contribution in [0.5, 0.6) is 0 Å². The van der Waals surface area contributed by atoms with Gasteiger partial charge < -0.3 is 10.1 Å². The van der Waals surface area contributed by atoms with Gasteiger partial charge >= 0.3 is 5.97 Å². The van der Waals surface area contributed by atoms with E-state index in [2.05, 4.69) is 29.6 Å². The summed E-state index contributed by atoms with van der Waals surface area (Å²) in [4.78, 5) is 24.6. The van der Waals surface area contributed by atoms with Crippen molar-refractivity contribution in [1.29, 1.82) is 0 Å². The summed E-state index contributed by atoms with van der Waals surface area (Å²) in [5, 5.41) is 4.40. The summed E-state index contributed by atoms with van der Waals surface area (Å²) in [6.07, 6.45) is 0.883. The number of hydrogen-bond donors (Lipinski definition) is 1. The van der Waals surface area contributed by atoms with E-state index in [4.69, 9.17) is 14.7 Å². The van der Waals surface area contributed by atoms with Crippen molar-refractivity contribution < 1.29 is 9.53 Å². The quantitative estimate of drug-likeness (QED) is 0.238. The number of fused-ring (bicyclic) bond motifs is 1. The molecule has 2 heterocycles. The monoisotopic (exact) mass is 463 g/mol. The van der Waals surface area contributed by atoms with Gasteiger partial charge in [0.1, 0.15) is 21.3 Å². The van der Waals surface area contributed by atoms with Gasteiger partial charge in [-0.3, -0.25) is 0 Å². The molecule has 0 aliphatic rings. The zero-order valence-corrected chi connectivity index (χ0v) is 19.8. The third-order valence-electron chi connectivity index (χ3n) is 4.96. The Hall–Kier alpha value is -2.90. The smallest absolute Gasteiger partial charge is 0.348 e. The molecule has 0 aliphatic heterocycles. The fourth-order valence-corrected chi connectivity index (χ4v) is 5.27. The fourth-order valence-electron chi connectivity index (χ4n) is 3.40. The summed E-state index contributed by atoms with van der Waals surface area (Å²) >= 11 is 3.07. The van der Waals surface area contributed by atoms with Crippen LogP contribution in [-0.2, 0) is 16.9 Å². The second kappa shape index (κ2) is 10.6. The van der Waals surface area contributed by atoms with Gasteiger partial charge in [-0.1, -0.05) is 48.5 Å². The number of ether oxygens (including phenoxy) is 1. The molecule has 2 aromatic heterocycles. The number of rotatable bonds is 9. The Balaban J connectivity index is 1.62. The van der Waals surface area contributed by atoms with Crippen molar-refractivity contribution in [3.63, 3.8) is 0 Å². The van der Waals surface area contributed by atoms with Crippen molar-refractivity contribution in [2.24, 2.45) is 0 Å². The second-order valence-electron chi connectivity index (χ2n) is 7.21. The second-order valence-corrected chi connectivity index (χ2v) is 9.26. The van der Waals surface area contributed by atoms with Gasteiger partial charge in [-0.25, -0.2) is 14.8 Å². The molecule has 0 bridgehead atoms. The lowest BCUT2D eigenvalue weighted by Crippen LogP contribution is -2.09. The molecule has 7 heteroatoms. The summed E-state index contributed by atoms with van der Waals surface area (Å²) in [7, 11) is 0. The Morgan fingerprint density at radius 1 is 1.06 bits per heavy atom. The maximum atomic E-state index is 12.5. The molecule has 1 N–H and O–H groups in total. The summed E-state index contributed by atoms with van der Waals surface area (Å²) in [5.41, 5.74) is 2.13. The zero-order chi connectivity index (χ0) is 22.3. The van der Waals surface area contributed by atoms with Gasteiger partial charge in [-0.2, -0.15) is 0 Å². The normalized spacial score (nSPS) is 10.9. The van der Waals surface area contributed by atoms with E-state index in [1.54, 1.807) is 11.8 Å². The van der Waals surface area contributed by atoms with Gasteiger partial charge in [0.15, 0.2) is 0 Å². The van der Waals surface area contributed by atoms with Gasteiger partial charge in [-0.05, 0) is 43.5 Å². The van der Waals surface area contributed by atoms with E-state index in [0.717, 1.165) is 40.4 Å². The van der Waals surface area contributed by atoms with Crippen LogP contribution in [0.3, 0.4) is 0 Å². The predicted octanol–water partition coefficient (Wildman–Crippen LogP) is 6.12. The van der Waals surface area contributed by atoms with Crippen LogP contribution in [0.4, 0.5) is 5.82 Å². The number of carbonyl (C=O) groups excluding carboxylic acids is 1. The first-order valence-electron chi connectivity index (χ1n) is 10.6. The average Bonchev–Trinajstić information content (AvgIpc) is 3.16. The summed E-state index contributed by atoms with van der Waals surface area (Å²) in [5.74, 6) is 1.87. The molecule has 0 amide bonds. The predicted molar refractivity (Wildman–Crippen MR) is 133 cm³/mol. The Morgan fingerprint density at radius 2 is 1.78 bits per heavy atom. The van der Waals surface area contributed by atoms with E-state index < -0.39 is 0 Å². The Labute approximate surface area is 196 Å². The molecule has 0 radical (unpaired) electrons. The summed E-state index contributed by atoms with van der Waals surface area (Å²) in [6, 6.07) is 20.6. The number of nitrogens with one attached hydrogen (secondary N) is 1. The largest absolute Gasteiger partial charge is 0.462 e. The highest BCUT2D eigenvalue weighted by Gasteiger charge is 2.21. The topological polar surface area (TPSA) is 64.1 Å². The average molecular weight is 464 g/mol. The van der Waals surface area contributed by atoms with E-state index in [1.807, 2.05) is 50.2 Å². The van der Waals surface area contributed by atoms with Gasteiger partial charge in [-0.15, -0.1) is 23.1 Å². The number of thioether (sulfide) groups is 1. The number of nitrogens with zero attached hydrogens (tertiary/aromatic N) is 2. The number of aryl methyl sites for hydroxylation is 1. The Kier molecular flexibility index (Phi) is 7.39. The molecule has 4 rings (SSSR count). The number of anilines is 1. The minimum absolute atomic E-state index is 0.302. The molecule has 0 saturated heterocycles. The third kappa shape index (κ3) is 5.29. The number of thiophene rings is 1. The number of benzene rings is 2. The zero-order valence-electron chi connectivity index (χ0n) is 18.1. The summed E-state index contributed by atoms with van der Waals surface area (Å²) < 4.78 is 5.25. The Morgan fingerprint density at radius 3 is 2.50 bits per heavy atom. The van der Waals surface area contributed by atoms with Crippen molar-refractivity contribution in [2.75, 3.05) is 18.5 Å². The Bertz CT molecular complexity index is 1190. The lowest BCUT2D eigenvalue weighted by atomic mass is 10.1. The highest BCUT2D eigenvalue weighted by Crippen LogP contribution is 2.35. The first kappa shape index (κ1) is 22.3. The van der Waals surface area contributed by atoms with Gasteiger partial charge in [0, 0.05) is 11.4 Å². The van der Waals surface area contributed by atoms with E-state index in [-0.39, 0.29) is 5.97 Å². The SMILES string of the molecule is CCOC(=O)c1sc2nc(CSc3ccccc3)nc(NCCc3ccccc3)c2c1C. The molecule has 4 aromatic rings. The van der Waals surface area contributed by atoms with E-state index in [0.29, 0.717) is 17.2 Å². The van der Waals surface area contributed by atoms with Crippen molar-refractivity contribution in [3.05, 3.63) is 82.5 Å². The maximum absolute atomic E-state index is 12.5. The van der Waals surface area contributed by atoms with Crippen LogP contribution in [0.1, 0.15) is 33.5 Å². The minimum atomic E-state index is -0.302. The molecule has 0 saturated carbocycles. The van der Waals surface area contributed by atoms with Crippen LogP contribution in [0.15, 0.2) is 65.6 Å². The first-order chi connectivity index (χ1) is 15.7. The van der Waals surface area contributed by atoms with Crippen molar-refractivity contribution >= 4 is 45.1 Å². The maximum Gasteiger partial charge on any atom is 0.348 e. The van der Waals surface area contributed by atoms with Crippen LogP contribution in [0.25, 0.3) is 10.2 Å². The third-order valence-corrected chi connectivity index (χ3v) is 7.13. The molecular weight excluding hydrogens is 438 g/mol. The number of esters is 1. The molecule has 0 spiro atoms. The van der Waals surface area contributed by atoms with Crippen LogP contribution in [0, 0.1) is 6.92 Å². The lowest BCUT2D eigenvalue weighted by molar-refractivity contribution is 0.0531. The van der Waals surface area contributed by atoms with Gasteiger partial charge in [0.25, 0.3) is 0 Å². The van der Waals surface area contributed by atoms with E-state index >= 15 is 0 Å². The highest BCUT2D eigenvalue weighted by molar-refractivity contribution is 7.98. The molecule has 2 aromatic carbocycles. The van der Waals surface area contributed by atoms with Crippen LogP contribution in [-0.4, -0.2) is 29.1 Å². The van der Waals surface area contributed by atoms with Crippen LogP contribution < -0.4 is 5.32 Å². The highest BCUT2D eigenvalue weighted by atomic mass is 32.2. The summed E-state index contributed by atoms with van der Waals surface area (Å²) in [6.45, 7) is 4.84. The van der Waals surface area contributed by atoms with Crippen LogP contribution in [0.2, 0.25) is 0 Å². The van der Waals surface area contributed by atoms with Gasteiger partial charge in [0.2, 0.25) is 0 Å². The molecule has 5 nitrogen and oxygen atoms in total. The molecular formula is C25H25N3O2S2. The van der Waals surface area contributed by atoms with Crippen molar-refractivity contribution in [3.8, 4) is 0 Å². The van der Waals surface area contributed by atoms with Crippen LogP contribution >= 0.6 is 23.1 Å². The van der Waals surface area contributed by atoms with E-state index in [9.17, 15) is 4.79 Å². The molecule has 0 aliphatic carbocycles. The lowest BCUT2D eigenvalue weighted by Gasteiger charge is -2.10. The minimum Gasteiger partial charge on any atom is -0.462 e. The standard InChI is InChI=1S/C25H25N3O2S2/c1-3-30-25(29)22-17(2)21-23(26-15-14-18-10-6-4-7-11-18)27-20(28-24(21)32-22)16-31-19-12-8-5-9-13-19/h4-13H,3,14-16H2,1-2H3,(H,26,27,28). The van der Waals surface area contributed by atoms with Crippen molar-refractivity contribution in [2.45, 2.75) is 30.9 Å². The first-order valence-corrected chi connectivity index (χ1v) is 12.4. The number of hydrogen-bond acceptors (Lipinski definition) is 7. The molecule has 164 valence electrons. The molecule has 32 heavy (non-hydrogen) atoms. The fraction of sp³-hybridized carbons (Fsp3) is 0.240. The van der Waals surface area contributed by atoms with Gasteiger partial charge in [0.05, 0.1) is 17.7 Å². The number of carbonyl (C=O) groups is 1. The molecule has 0 fully saturated rings. The molecule has 0 unspecified atom stereocenters. The van der Waals surface area contributed by atoms with Crippen molar-refractivity contribution in [1.82, 2.24) is 9.97 Å². The molecule has 0 atom stereocenters. The number of aromatic nitrogens is 2.